The molecule has 0 fully saturated rings. The average molecular weight is 330 g/mol. The van der Waals surface area contributed by atoms with Crippen LogP contribution in [-0.4, -0.2) is 15.0 Å². The van der Waals surface area contributed by atoms with Crippen molar-refractivity contribution in [2.24, 2.45) is 0 Å². The second kappa shape index (κ2) is 5.99. The predicted molar refractivity (Wildman–Crippen MR) is 75.9 cm³/mol. The molecule has 0 unspecified atom stereocenters. The van der Waals surface area contributed by atoms with Gasteiger partial charge in [-0.1, -0.05) is 27.6 Å². The van der Waals surface area contributed by atoms with Gasteiger partial charge in [0.1, 0.15) is 0 Å². The van der Waals surface area contributed by atoms with E-state index in [2.05, 4.69) is 26.7 Å². The van der Waals surface area contributed by atoms with Gasteiger partial charge in [-0.15, -0.1) is 0 Å². The second-order valence-corrected chi connectivity index (χ2v) is 7.07. The van der Waals surface area contributed by atoms with Crippen LogP contribution in [0.3, 0.4) is 0 Å². The fourth-order valence-electron chi connectivity index (χ4n) is 1.95. The Bertz CT molecular complexity index is 535. The maximum atomic E-state index is 12.0. The summed E-state index contributed by atoms with van der Waals surface area (Å²) in [6, 6.07) is 6.66. The molecule has 1 aliphatic carbocycles. The van der Waals surface area contributed by atoms with Crippen LogP contribution in [0.1, 0.15) is 25.7 Å². The highest BCUT2D eigenvalue weighted by Gasteiger charge is 2.14. The molecule has 0 aromatic heterocycles. The Kier molecular flexibility index (Phi) is 4.59. The van der Waals surface area contributed by atoms with Gasteiger partial charge in [0.2, 0.25) is 10.0 Å². The molecule has 0 amide bonds. The van der Waals surface area contributed by atoms with Crippen LogP contribution >= 0.6 is 15.9 Å². The van der Waals surface area contributed by atoms with Gasteiger partial charge in [0, 0.05) is 11.0 Å². The molecule has 3 nitrogen and oxygen atoms in total. The van der Waals surface area contributed by atoms with Crippen LogP contribution in [0, 0.1) is 0 Å². The molecule has 1 N–H and O–H groups in total. The highest BCUT2D eigenvalue weighted by Crippen LogP contribution is 2.18. The minimum absolute atomic E-state index is 0.308. The lowest BCUT2D eigenvalue weighted by atomic mass is 10.0. The molecule has 0 bridgehead atoms. The molecular formula is C13H16BrNO2S. The standard InChI is InChI=1S/C13H16BrNO2S/c14-12-6-8-13(9-7-12)18(16,17)15-10-11-4-2-1-3-5-11/h4,6-9,15H,1-3,5,10H2. The molecule has 2 rings (SSSR count). The lowest BCUT2D eigenvalue weighted by Gasteiger charge is -2.13. The van der Waals surface area contributed by atoms with E-state index in [0.717, 1.165) is 23.7 Å². The minimum atomic E-state index is -3.39. The van der Waals surface area contributed by atoms with Crippen molar-refractivity contribution in [3.8, 4) is 0 Å². The van der Waals surface area contributed by atoms with Crippen LogP contribution in [0.5, 0.6) is 0 Å². The number of allylic oxidation sites excluding steroid dienone is 1. The molecule has 18 heavy (non-hydrogen) atoms. The van der Waals surface area contributed by atoms with Gasteiger partial charge in [-0.2, -0.15) is 0 Å². The van der Waals surface area contributed by atoms with Gasteiger partial charge in [-0.05, 0) is 49.9 Å². The molecule has 0 radical (unpaired) electrons. The molecule has 0 heterocycles. The SMILES string of the molecule is O=S(=O)(NCC1=CCCCC1)c1ccc(Br)cc1. The van der Waals surface area contributed by atoms with E-state index in [0.29, 0.717) is 11.4 Å². The number of benzene rings is 1. The Morgan fingerprint density at radius 1 is 1.17 bits per heavy atom. The van der Waals surface area contributed by atoms with Crippen LogP contribution < -0.4 is 4.72 Å². The first-order valence-corrected chi connectivity index (χ1v) is 8.29. The lowest BCUT2D eigenvalue weighted by Crippen LogP contribution is -2.26. The summed E-state index contributed by atoms with van der Waals surface area (Å²) in [5.41, 5.74) is 1.20. The number of halogens is 1. The monoisotopic (exact) mass is 329 g/mol. The highest BCUT2D eigenvalue weighted by molar-refractivity contribution is 9.10. The Morgan fingerprint density at radius 3 is 2.50 bits per heavy atom. The molecular weight excluding hydrogens is 314 g/mol. The van der Waals surface area contributed by atoms with E-state index in [1.54, 1.807) is 24.3 Å². The summed E-state index contributed by atoms with van der Waals surface area (Å²) in [4.78, 5) is 0.308. The molecule has 0 spiro atoms. The van der Waals surface area contributed by atoms with Gasteiger partial charge in [0.05, 0.1) is 4.90 Å². The summed E-state index contributed by atoms with van der Waals surface area (Å²) < 4.78 is 27.6. The van der Waals surface area contributed by atoms with Crippen LogP contribution in [0.25, 0.3) is 0 Å². The molecule has 0 atom stereocenters. The summed E-state index contributed by atoms with van der Waals surface area (Å²) in [5, 5.41) is 0. The Morgan fingerprint density at radius 2 is 1.89 bits per heavy atom. The van der Waals surface area contributed by atoms with Crippen LogP contribution in [0.2, 0.25) is 0 Å². The number of hydrogen-bond donors (Lipinski definition) is 1. The molecule has 0 aliphatic heterocycles. The third-order valence-electron chi connectivity index (χ3n) is 3.00. The molecule has 0 saturated carbocycles. The number of hydrogen-bond acceptors (Lipinski definition) is 2. The van der Waals surface area contributed by atoms with E-state index in [4.69, 9.17) is 0 Å². The fourth-order valence-corrected chi connectivity index (χ4v) is 3.25. The van der Waals surface area contributed by atoms with E-state index in [1.165, 1.54) is 12.0 Å². The van der Waals surface area contributed by atoms with Crippen molar-refractivity contribution in [1.82, 2.24) is 4.72 Å². The van der Waals surface area contributed by atoms with E-state index in [-0.39, 0.29) is 0 Å². The minimum Gasteiger partial charge on any atom is -0.207 e. The van der Waals surface area contributed by atoms with Crippen LogP contribution in [0.15, 0.2) is 45.3 Å². The number of nitrogens with one attached hydrogen (secondary N) is 1. The Hall–Kier alpha value is -0.650. The lowest BCUT2D eigenvalue weighted by molar-refractivity contribution is 0.582. The summed E-state index contributed by atoms with van der Waals surface area (Å²) in [6.07, 6.45) is 6.58. The van der Waals surface area contributed by atoms with E-state index >= 15 is 0 Å². The average Bonchev–Trinajstić information content (AvgIpc) is 2.38. The quantitative estimate of drug-likeness (QED) is 0.862. The molecule has 98 valence electrons. The van der Waals surface area contributed by atoms with E-state index < -0.39 is 10.0 Å². The van der Waals surface area contributed by atoms with Crippen molar-refractivity contribution in [2.45, 2.75) is 30.6 Å². The smallest absolute Gasteiger partial charge is 0.207 e. The van der Waals surface area contributed by atoms with Crippen LogP contribution in [-0.2, 0) is 10.0 Å². The van der Waals surface area contributed by atoms with Crippen molar-refractivity contribution in [1.29, 1.82) is 0 Å². The molecule has 1 aromatic rings. The van der Waals surface area contributed by atoms with E-state index in [9.17, 15) is 8.42 Å². The Balaban J connectivity index is 2.03. The van der Waals surface area contributed by atoms with Gasteiger partial charge in [-0.25, -0.2) is 13.1 Å². The van der Waals surface area contributed by atoms with Gasteiger partial charge >= 0.3 is 0 Å². The van der Waals surface area contributed by atoms with Crippen LogP contribution in [0.4, 0.5) is 0 Å². The zero-order valence-electron chi connectivity index (χ0n) is 10.0. The first-order chi connectivity index (χ1) is 8.58. The summed E-state index contributed by atoms with van der Waals surface area (Å²) in [6.45, 7) is 0.429. The zero-order chi connectivity index (χ0) is 13.0. The maximum Gasteiger partial charge on any atom is 0.240 e. The Labute approximate surface area is 116 Å². The van der Waals surface area contributed by atoms with Crippen molar-refractivity contribution >= 4 is 26.0 Å². The maximum absolute atomic E-state index is 12.0. The number of sulfonamides is 1. The van der Waals surface area contributed by atoms with Gasteiger partial charge in [-0.3, -0.25) is 0 Å². The highest BCUT2D eigenvalue weighted by atomic mass is 79.9. The molecule has 1 aliphatic rings. The summed E-state index contributed by atoms with van der Waals surface area (Å²) >= 11 is 3.29. The first kappa shape index (κ1) is 13.8. The van der Waals surface area contributed by atoms with E-state index in [1.807, 2.05) is 0 Å². The normalized spacial score (nSPS) is 16.4. The van der Waals surface area contributed by atoms with Crippen molar-refractivity contribution in [3.63, 3.8) is 0 Å². The summed E-state index contributed by atoms with van der Waals surface area (Å²) in [5.74, 6) is 0. The zero-order valence-corrected chi connectivity index (χ0v) is 12.4. The molecule has 0 saturated heterocycles. The van der Waals surface area contributed by atoms with Crippen molar-refractivity contribution in [2.75, 3.05) is 6.54 Å². The third kappa shape index (κ3) is 3.67. The number of rotatable bonds is 4. The predicted octanol–water partition coefficient (Wildman–Crippen LogP) is 3.23. The second-order valence-electron chi connectivity index (χ2n) is 4.39. The van der Waals surface area contributed by atoms with Crippen molar-refractivity contribution in [3.05, 3.63) is 40.4 Å². The van der Waals surface area contributed by atoms with Gasteiger partial charge < -0.3 is 0 Å². The van der Waals surface area contributed by atoms with Gasteiger partial charge in [0.25, 0.3) is 0 Å². The largest absolute Gasteiger partial charge is 0.240 e. The fraction of sp³-hybridized carbons (Fsp3) is 0.385. The third-order valence-corrected chi connectivity index (χ3v) is 4.94. The van der Waals surface area contributed by atoms with Gasteiger partial charge in [0.15, 0.2) is 0 Å². The molecule has 1 aromatic carbocycles. The van der Waals surface area contributed by atoms with Crippen molar-refractivity contribution < 1.29 is 8.42 Å². The molecule has 5 heteroatoms. The topological polar surface area (TPSA) is 46.2 Å². The first-order valence-electron chi connectivity index (χ1n) is 6.01. The summed E-state index contributed by atoms with van der Waals surface area (Å²) in [7, 11) is -3.39.